The van der Waals surface area contributed by atoms with Crippen LogP contribution in [0.4, 0.5) is 0 Å². The van der Waals surface area contributed by atoms with E-state index in [1.807, 2.05) is 42.5 Å². The normalized spacial score (nSPS) is 16.1. The van der Waals surface area contributed by atoms with Gasteiger partial charge in [-0.3, -0.25) is 4.79 Å². The van der Waals surface area contributed by atoms with E-state index in [-0.39, 0.29) is 12.5 Å². The molecule has 1 N–H and O–H groups in total. The zero-order valence-corrected chi connectivity index (χ0v) is 17.9. The van der Waals surface area contributed by atoms with E-state index in [1.54, 1.807) is 0 Å². The molecule has 4 heteroatoms. The number of nitrogens with zero attached hydrogens (tertiary/aromatic N) is 1. The lowest BCUT2D eigenvalue weighted by atomic mass is 10.00. The molecule has 1 aliphatic carbocycles. The number of amides is 1. The fourth-order valence-electron chi connectivity index (χ4n) is 3.83. The third-order valence-corrected chi connectivity index (χ3v) is 5.60. The molecular formula is C26H34N2O2. The van der Waals surface area contributed by atoms with Crippen molar-refractivity contribution in [1.82, 2.24) is 5.43 Å². The van der Waals surface area contributed by atoms with Crippen molar-refractivity contribution in [2.75, 3.05) is 6.61 Å². The standard InChI is InChI=1S/C26H34N2O2/c29-26(28-27-24-15-11-6-4-2-1-3-5-7-12-16-24)21-30-25-19-17-23(18-20-25)22-13-9-8-10-14-22/h8-10,13-14,17-20H,1-7,11-12,15-16,21H2,(H,28,29). The second-order valence-electron chi connectivity index (χ2n) is 8.07. The van der Waals surface area contributed by atoms with Crippen LogP contribution in [0.5, 0.6) is 5.75 Å². The van der Waals surface area contributed by atoms with Crippen LogP contribution in [0.2, 0.25) is 0 Å². The zero-order valence-electron chi connectivity index (χ0n) is 17.9. The number of nitrogens with one attached hydrogen (secondary N) is 1. The molecule has 2 aromatic rings. The van der Waals surface area contributed by atoms with Gasteiger partial charge in [0.15, 0.2) is 6.61 Å². The van der Waals surface area contributed by atoms with E-state index in [1.165, 1.54) is 57.8 Å². The maximum atomic E-state index is 12.2. The van der Waals surface area contributed by atoms with Gasteiger partial charge < -0.3 is 4.74 Å². The van der Waals surface area contributed by atoms with Gasteiger partial charge in [-0.05, 0) is 48.9 Å². The highest BCUT2D eigenvalue weighted by atomic mass is 16.5. The molecule has 1 fully saturated rings. The van der Waals surface area contributed by atoms with Crippen LogP contribution in [0.1, 0.15) is 70.6 Å². The van der Waals surface area contributed by atoms with Crippen LogP contribution in [0.3, 0.4) is 0 Å². The van der Waals surface area contributed by atoms with Gasteiger partial charge in [-0.25, -0.2) is 5.43 Å². The van der Waals surface area contributed by atoms with Crippen LogP contribution in [-0.2, 0) is 4.79 Å². The van der Waals surface area contributed by atoms with Crippen molar-refractivity contribution in [3.8, 4) is 16.9 Å². The molecule has 3 rings (SSSR count). The molecule has 0 spiro atoms. The van der Waals surface area contributed by atoms with Gasteiger partial charge in [0.2, 0.25) is 0 Å². The molecule has 30 heavy (non-hydrogen) atoms. The summed E-state index contributed by atoms with van der Waals surface area (Å²) in [6, 6.07) is 18.0. The van der Waals surface area contributed by atoms with Gasteiger partial charge in [0.05, 0.1) is 0 Å². The summed E-state index contributed by atoms with van der Waals surface area (Å²) in [6.45, 7) is -0.0263. The first-order chi connectivity index (χ1) is 14.8. The van der Waals surface area contributed by atoms with Gasteiger partial charge in [0.25, 0.3) is 5.91 Å². The summed E-state index contributed by atoms with van der Waals surface area (Å²) in [4.78, 5) is 12.2. The Balaban J connectivity index is 1.44. The Morgan fingerprint density at radius 3 is 1.87 bits per heavy atom. The highest BCUT2D eigenvalue weighted by molar-refractivity contribution is 5.86. The summed E-state index contributed by atoms with van der Waals surface area (Å²) in [5.74, 6) is 0.476. The van der Waals surface area contributed by atoms with Crippen molar-refractivity contribution < 1.29 is 9.53 Å². The lowest BCUT2D eigenvalue weighted by Crippen LogP contribution is -2.26. The Morgan fingerprint density at radius 2 is 1.27 bits per heavy atom. The van der Waals surface area contributed by atoms with Crippen LogP contribution in [0.25, 0.3) is 11.1 Å². The van der Waals surface area contributed by atoms with Crippen LogP contribution in [0.15, 0.2) is 59.7 Å². The van der Waals surface area contributed by atoms with E-state index in [0.717, 1.165) is 29.7 Å². The van der Waals surface area contributed by atoms with E-state index >= 15 is 0 Å². The first-order valence-electron chi connectivity index (χ1n) is 11.4. The second kappa shape index (κ2) is 12.8. The smallest absolute Gasteiger partial charge is 0.277 e. The molecule has 1 amide bonds. The van der Waals surface area contributed by atoms with E-state index in [4.69, 9.17) is 4.74 Å². The van der Waals surface area contributed by atoms with Gasteiger partial charge in [0, 0.05) is 5.71 Å². The van der Waals surface area contributed by atoms with Gasteiger partial charge in [-0.15, -0.1) is 0 Å². The minimum Gasteiger partial charge on any atom is -0.484 e. The predicted molar refractivity (Wildman–Crippen MR) is 124 cm³/mol. The van der Waals surface area contributed by atoms with Crippen molar-refractivity contribution >= 4 is 11.6 Å². The summed E-state index contributed by atoms with van der Waals surface area (Å²) < 4.78 is 5.63. The van der Waals surface area contributed by atoms with Crippen molar-refractivity contribution in [2.45, 2.75) is 70.6 Å². The number of hydrogen-bond donors (Lipinski definition) is 1. The minimum absolute atomic E-state index is 0.0263. The van der Waals surface area contributed by atoms with E-state index in [0.29, 0.717) is 5.75 Å². The molecule has 4 nitrogen and oxygen atoms in total. The average Bonchev–Trinajstić information content (AvgIpc) is 2.78. The largest absolute Gasteiger partial charge is 0.484 e. The van der Waals surface area contributed by atoms with Gasteiger partial charge in [-0.1, -0.05) is 87.4 Å². The Labute approximate surface area is 180 Å². The molecule has 0 atom stereocenters. The van der Waals surface area contributed by atoms with Crippen LogP contribution in [0, 0.1) is 0 Å². The molecular weight excluding hydrogens is 372 g/mol. The average molecular weight is 407 g/mol. The molecule has 0 bridgehead atoms. The molecule has 0 saturated heterocycles. The molecule has 2 aromatic carbocycles. The van der Waals surface area contributed by atoms with Crippen molar-refractivity contribution in [3.05, 3.63) is 54.6 Å². The molecule has 0 heterocycles. The number of benzene rings is 2. The maximum Gasteiger partial charge on any atom is 0.277 e. The van der Waals surface area contributed by atoms with E-state index in [9.17, 15) is 4.79 Å². The number of hydrazone groups is 1. The highest BCUT2D eigenvalue weighted by Gasteiger charge is 2.06. The van der Waals surface area contributed by atoms with Crippen molar-refractivity contribution in [2.24, 2.45) is 5.10 Å². The fraction of sp³-hybridized carbons (Fsp3) is 0.462. The summed E-state index contributed by atoms with van der Waals surface area (Å²) in [6.07, 6.45) is 13.5. The van der Waals surface area contributed by atoms with Gasteiger partial charge >= 0.3 is 0 Å². The molecule has 1 saturated carbocycles. The zero-order chi connectivity index (χ0) is 20.9. The molecule has 0 aliphatic heterocycles. The number of hydrogen-bond acceptors (Lipinski definition) is 3. The van der Waals surface area contributed by atoms with E-state index < -0.39 is 0 Å². The second-order valence-corrected chi connectivity index (χ2v) is 8.07. The number of rotatable bonds is 5. The predicted octanol–water partition coefficient (Wildman–Crippen LogP) is 6.51. The van der Waals surface area contributed by atoms with Crippen LogP contribution >= 0.6 is 0 Å². The molecule has 160 valence electrons. The van der Waals surface area contributed by atoms with Crippen molar-refractivity contribution in [3.63, 3.8) is 0 Å². The van der Waals surface area contributed by atoms with Crippen LogP contribution in [-0.4, -0.2) is 18.2 Å². The minimum atomic E-state index is -0.208. The van der Waals surface area contributed by atoms with E-state index in [2.05, 4.69) is 22.7 Å². The maximum absolute atomic E-state index is 12.2. The fourth-order valence-corrected chi connectivity index (χ4v) is 3.83. The molecule has 1 aliphatic rings. The topological polar surface area (TPSA) is 50.7 Å². The summed E-state index contributed by atoms with van der Waals surface area (Å²) >= 11 is 0. The molecule has 0 aromatic heterocycles. The lowest BCUT2D eigenvalue weighted by Gasteiger charge is -2.10. The monoisotopic (exact) mass is 406 g/mol. The Bertz CT molecular complexity index is 770. The SMILES string of the molecule is O=C(COc1ccc(-c2ccccc2)cc1)NN=C1CCCCCCCCCCC1. The highest BCUT2D eigenvalue weighted by Crippen LogP contribution is 2.22. The molecule has 0 radical (unpaired) electrons. The first-order valence-corrected chi connectivity index (χ1v) is 11.4. The van der Waals surface area contributed by atoms with Gasteiger partial charge in [-0.2, -0.15) is 5.10 Å². The molecule has 0 unspecified atom stereocenters. The Kier molecular flexibility index (Phi) is 9.45. The van der Waals surface area contributed by atoms with Gasteiger partial charge in [0.1, 0.15) is 5.75 Å². The third kappa shape index (κ3) is 8.02. The Morgan fingerprint density at radius 1 is 0.733 bits per heavy atom. The lowest BCUT2D eigenvalue weighted by molar-refractivity contribution is -0.123. The van der Waals surface area contributed by atoms with Crippen LogP contribution < -0.4 is 10.2 Å². The number of ether oxygens (including phenoxy) is 1. The quantitative estimate of drug-likeness (QED) is 0.575. The van der Waals surface area contributed by atoms with Crippen molar-refractivity contribution in [1.29, 1.82) is 0 Å². The number of carbonyl (C=O) groups excluding carboxylic acids is 1. The number of carbonyl (C=O) groups is 1. The summed E-state index contributed by atoms with van der Waals surface area (Å²) in [5, 5.41) is 4.41. The third-order valence-electron chi connectivity index (χ3n) is 5.60. The first kappa shape index (κ1) is 22.1. The Hall–Kier alpha value is -2.62. The summed E-state index contributed by atoms with van der Waals surface area (Å²) in [5.41, 5.74) is 6.11. The summed E-state index contributed by atoms with van der Waals surface area (Å²) in [7, 11) is 0.